The van der Waals surface area contributed by atoms with Crippen molar-refractivity contribution in [2.45, 2.75) is 32.2 Å². The quantitative estimate of drug-likeness (QED) is 0.760. The van der Waals surface area contributed by atoms with Crippen LogP contribution in [0.2, 0.25) is 0 Å². The minimum atomic E-state index is -0.310. The van der Waals surface area contributed by atoms with Gasteiger partial charge in [-0.1, -0.05) is 19.1 Å². The second-order valence-corrected chi connectivity index (χ2v) is 5.27. The lowest BCUT2D eigenvalue weighted by Gasteiger charge is -2.31. The van der Waals surface area contributed by atoms with Gasteiger partial charge >= 0.3 is 0 Å². The fourth-order valence-electron chi connectivity index (χ4n) is 1.95. The minimum absolute atomic E-state index is 0.0815. The van der Waals surface area contributed by atoms with E-state index < -0.39 is 0 Å². The van der Waals surface area contributed by atoms with E-state index in [2.05, 4.69) is 12.2 Å². The van der Waals surface area contributed by atoms with Crippen LogP contribution in [0.3, 0.4) is 0 Å². The number of halogens is 1. The summed E-state index contributed by atoms with van der Waals surface area (Å²) in [4.78, 5) is 1.89. The van der Waals surface area contributed by atoms with Gasteiger partial charge in [-0.25, -0.2) is 4.39 Å². The first kappa shape index (κ1) is 15.9. The minimum Gasteiger partial charge on any atom is -0.394 e. The number of hydrogen-bond acceptors (Lipinski definition) is 3. The van der Waals surface area contributed by atoms with E-state index in [1.54, 1.807) is 12.1 Å². The van der Waals surface area contributed by atoms with Gasteiger partial charge in [0.1, 0.15) is 5.82 Å². The lowest BCUT2D eigenvalue weighted by Crippen LogP contribution is -2.48. The molecule has 0 spiro atoms. The van der Waals surface area contributed by atoms with E-state index in [9.17, 15) is 9.50 Å². The van der Waals surface area contributed by atoms with Crippen molar-refractivity contribution in [1.29, 1.82) is 0 Å². The molecular weight excluding hydrogens is 243 g/mol. The first-order valence-electron chi connectivity index (χ1n) is 6.84. The summed E-state index contributed by atoms with van der Waals surface area (Å²) < 4.78 is 13.6. The Balaban J connectivity index is 2.57. The second kappa shape index (κ2) is 7.46. The van der Waals surface area contributed by atoms with Crippen LogP contribution in [0.1, 0.15) is 26.7 Å². The number of aliphatic hydroxyl groups excluding tert-OH is 1. The van der Waals surface area contributed by atoms with Crippen molar-refractivity contribution in [3.05, 3.63) is 30.1 Å². The molecule has 0 aliphatic heterocycles. The molecule has 1 aromatic rings. The number of nitrogens with one attached hydrogen (secondary N) is 1. The van der Waals surface area contributed by atoms with E-state index in [1.165, 1.54) is 6.07 Å². The van der Waals surface area contributed by atoms with Crippen molar-refractivity contribution in [1.82, 2.24) is 5.32 Å². The summed E-state index contributed by atoms with van der Waals surface area (Å²) in [6.45, 7) is 5.74. The molecule has 0 aliphatic rings. The molecule has 0 bridgehead atoms. The first-order chi connectivity index (χ1) is 9.02. The third kappa shape index (κ3) is 4.80. The molecule has 19 heavy (non-hydrogen) atoms. The van der Waals surface area contributed by atoms with E-state index in [-0.39, 0.29) is 18.0 Å². The lowest BCUT2D eigenvalue weighted by atomic mass is 9.98. The molecule has 3 nitrogen and oxygen atoms in total. The molecule has 1 atom stereocenters. The van der Waals surface area contributed by atoms with Gasteiger partial charge in [0.25, 0.3) is 0 Å². The SMILES string of the molecule is CCCNC(C)(CO)CCN(C)c1ccccc1F. The molecule has 1 aromatic carbocycles. The molecule has 4 heteroatoms. The highest BCUT2D eigenvalue weighted by molar-refractivity contribution is 5.46. The van der Waals surface area contributed by atoms with E-state index >= 15 is 0 Å². The van der Waals surface area contributed by atoms with E-state index in [1.807, 2.05) is 24.9 Å². The van der Waals surface area contributed by atoms with Gasteiger partial charge in [-0.05, 0) is 38.4 Å². The van der Waals surface area contributed by atoms with Crippen LogP contribution in [0.5, 0.6) is 0 Å². The van der Waals surface area contributed by atoms with Gasteiger partial charge in [0, 0.05) is 19.1 Å². The molecule has 0 aromatic heterocycles. The molecule has 108 valence electrons. The smallest absolute Gasteiger partial charge is 0.146 e. The average Bonchev–Trinajstić information content (AvgIpc) is 2.43. The van der Waals surface area contributed by atoms with Gasteiger partial charge in [-0.15, -0.1) is 0 Å². The van der Waals surface area contributed by atoms with Crippen LogP contribution in [0.15, 0.2) is 24.3 Å². The average molecular weight is 268 g/mol. The Morgan fingerprint density at radius 3 is 2.63 bits per heavy atom. The normalized spacial score (nSPS) is 14.2. The molecule has 0 aliphatic carbocycles. The van der Waals surface area contributed by atoms with Crippen LogP contribution in [-0.2, 0) is 0 Å². The number of rotatable bonds is 8. The molecule has 0 radical (unpaired) electrons. The Kier molecular flexibility index (Phi) is 6.25. The molecule has 0 saturated carbocycles. The van der Waals surface area contributed by atoms with Crippen molar-refractivity contribution in [3.63, 3.8) is 0 Å². The third-order valence-electron chi connectivity index (χ3n) is 3.41. The zero-order valence-corrected chi connectivity index (χ0v) is 12.1. The maximum Gasteiger partial charge on any atom is 0.146 e. The monoisotopic (exact) mass is 268 g/mol. The summed E-state index contributed by atoms with van der Waals surface area (Å²) in [5, 5.41) is 12.8. The molecule has 0 amide bonds. The number of benzene rings is 1. The third-order valence-corrected chi connectivity index (χ3v) is 3.41. The summed E-state index contributed by atoms with van der Waals surface area (Å²) in [5.41, 5.74) is 0.286. The van der Waals surface area contributed by atoms with E-state index in [0.717, 1.165) is 19.4 Å². The number of nitrogens with zero attached hydrogens (tertiary/aromatic N) is 1. The van der Waals surface area contributed by atoms with Crippen LogP contribution in [0, 0.1) is 5.82 Å². The van der Waals surface area contributed by atoms with Crippen molar-refractivity contribution >= 4 is 5.69 Å². The second-order valence-electron chi connectivity index (χ2n) is 5.27. The number of aliphatic hydroxyl groups is 1. The molecule has 0 fully saturated rings. The topological polar surface area (TPSA) is 35.5 Å². The number of para-hydroxylation sites is 1. The van der Waals surface area contributed by atoms with Crippen LogP contribution in [0.4, 0.5) is 10.1 Å². The number of anilines is 1. The summed E-state index contributed by atoms with van der Waals surface area (Å²) in [6.07, 6.45) is 1.78. The highest BCUT2D eigenvalue weighted by Gasteiger charge is 2.22. The molecule has 1 unspecified atom stereocenters. The highest BCUT2D eigenvalue weighted by atomic mass is 19.1. The van der Waals surface area contributed by atoms with Gasteiger partial charge < -0.3 is 15.3 Å². The van der Waals surface area contributed by atoms with E-state index in [4.69, 9.17) is 0 Å². The first-order valence-corrected chi connectivity index (χ1v) is 6.84. The standard InChI is InChI=1S/C15H25FN2O/c1-4-10-17-15(2,12-19)9-11-18(3)14-8-6-5-7-13(14)16/h5-8,17,19H,4,9-12H2,1-3H3. The fourth-order valence-corrected chi connectivity index (χ4v) is 1.95. The van der Waals surface area contributed by atoms with E-state index in [0.29, 0.717) is 12.2 Å². The predicted octanol–water partition coefficient (Wildman–Crippen LogP) is 2.40. The van der Waals surface area contributed by atoms with Crippen molar-refractivity contribution < 1.29 is 9.50 Å². The fraction of sp³-hybridized carbons (Fsp3) is 0.600. The maximum absolute atomic E-state index is 13.6. The summed E-state index contributed by atoms with van der Waals surface area (Å²) >= 11 is 0. The van der Waals surface area contributed by atoms with Gasteiger partial charge in [0.15, 0.2) is 0 Å². The zero-order chi connectivity index (χ0) is 14.3. The van der Waals surface area contributed by atoms with Gasteiger partial charge in [-0.2, -0.15) is 0 Å². The summed E-state index contributed by atoms with van der Waals surface area (Å²) in [7, 11) is 1.87. The van der Waals surface area contributed by atoms with Crippen molar-refractivity contribution in [3.8, 4) is 0 Å². The lowest BCUT2D eigenvalue weighted by molar-refractivity contribution is 0.168. The molecular formula is C15H25FN2O. The van der Waals surface area contributed by atoms with Crippen LogP contribution >= 0.6 is 0 Å². The van der Waals surface area contributed by atoms with Gasteiger partial charge in [0.2, 0.25) is 0 Å². The molecule has 0 heterocycles. The van der Waals surface area contributed by atoms with Crippen molar-refractivity contribution in [2.24, 2.45) is 0 Å². The summed E-state index contributed by atoms with van der Waals surface area (Å²) in [5.74, 6) is -0.211. The maximum atomic E-state index is 13.6. The highest BCUT2D eigenvalue weighted by Crippen LogP contribution is 2.19. The Morgan fingerprint density at radius 2 is 2.05 bits per heavy atom. The zero-order valence-electron chi connectivity index (χ0n) is 12.1. The molecule has 2 N–H and O–H groups in total. The Hall–Kier alpha value is -1.13. The molecule has 1 rings (SSSR count). The van der Waals surface area contributed by atoms with Crippen LogP contribution in [-0.4, -0.2) is 37.4 Å². The van der Waals surface area contributed by atoms with Crippen molar-refractivity contribution in [2.75, 3.05) is 31.6 Å². The summed E-state index contributed by atoms with van der Waals surface area (Å²) in [6, 6.07) is 6.75. The molecule has 0 saturated heterocycles. The number of hydrogen-bond donors (Lipinski definition) is 2. The Bertz CT molecular complexity index is 386. The van der Waals surface area contributed by atoms with Crippen LogP contribution < -0.4 is 10.2 Å². The van der Waals surface area contributed by atoms with Gasteiger partial charge in [-0.3, -0.25) is 0 Å². The van der Waals surface area contributed by atoms with Crippen LogP contribution in [0.25, 0.3) is 0 Å². The largest absolute Gasteiger partial charge is 0.394 e. The predicted molar refractivity (Wildman–Crippen MR) is 78.1 cm³/mol. The Labute approximate surface area is 115 Å². The Morgan fingerprint density at radius 1 is 1.37 bits per heavy atom. The van der Waals surface area contributed by atoms with Gasteiger partial charge in [0.05, 0.1) is 12.3 Å².